The summed E-state index contributed by atoms with van der Waals surface area (Å²) < 4.78 is 0. The number of nitrogens with zero attached hydrogens (tertiary/aromatic N) is 2. The molecule has 0 atom stereocenters. The minimum Gasteiger partial charge on any atom is -0.255 e. The third kappa shape index (κ3) is 8.34. The van der Waals surface area contributed by atoms with Gasteiger partial charge >= 0.3 is 0 Å². The lowest BCUT2D eigenvalue weighted by molar-refractivity contribution is 0.657. The highest BCUT2D eigenvalue weighted by molar-refractivity contribution is 5.63. The zero-order chi connectivity index (χ0) is 23.0. The molecule has 0 aromatic carbocycles. The molecule has 0 aliphatic rings. The molecule has 0 bridgehead atoms. The SMILES string of the molecule is CCCCCc1nc(-c2ccccn2)c(CCCCC)c(CCCCC)c1CCCCC. The molecule has 2 aromatic heterocycles. The van der Waals surface area contributed by atoms with Gasteiger partial charge in [-0.2, -0.15) is 0 Å². The Morgan fingerprint density at radius 3 is 1.62 bits per heavy atom. The first-order chi connectivity index (χ1) is 15.8. The number of aromatic nitrogens is 2. The third-order valence-electron chi connectivity index (χ3n) is 6.63. The van der Waals surface area contributed by atoms with Crippen molar-refractivity contribution in [1.29, 1.82) is 0 Å². The fourth-order valence-electron chi connectivity index (χ4n) is 4.75. The van der Waals surface area contributed by atoms with Crippen LogP contribution in [0.1, 0.15) is 127 Å². The summed E-state index contributed by atoms with van der Waals surface area (Å²) in [4.78, 5) is 10.2. The molecule has 2 rings (SSSR count). The van der Waals surface area contributed by atoms with E-state index in [1.807, 2.05) is 12.3 Å². The van der Waals surface area contributed by atoms with Crippen molar-refractivity contribution in [2.24, 2.45) is 0 Å². The van der Waals surface area contributed by atoms with Crippen LogP contribution in [-0.4, -0.2) is 9.97 Å². The van der Waals surface area contributed by atoms with E-state index in [4.69, 9.17) is 9.97 Å². The maximum absolute atomic E-state index is 5.40. The standard InChI is InChI=1S/C30H48N2/c1-5-9-13-19-25-26(20-14-10-6-2)28(22-16-12-8-4)32-30(27(25)21-15-11-7-3)29-23-17-18-24-31-29/h17-18,23-24H,5-16,19-22H2,1-4H3. The molecule has 2 heterocycles. The summed E-state index contributed by atoms with van der Waals surface area (Å²) in [6, 6.07) is 6.29. The lowest BCUT2D eigenvalue weighted by Gasteiger charge is -2.22. The number of rotatable bonds is 17. The smallest absolute Gasteiger partial charge is 0.0924 e. The minimum atomic E-state index is 1.06. The Morgan fingerprint density at radius 1 is 0.562 bits per heavy atom. The summed E-state index contributed by atoms with van der Waals surface area (Å²) in [5.74, 6) is 0. The number of hydrogen-bond donors (Lipinski definition) is 0. The summed E-state index contributed by atoms with van der Waals surface area (Å²) in [6.45, 7) is 9.21. The molecular weight excluding hydrogens is 388 g/mol. The highest BCUT2D eigenvalue weighted by Gasteiger charge is 2.20. The molecule has 0 amide bonds. The van der Waals surface area contributed by atoms with Crippen molar-refractivity contribution in [1.82, 2.24) is 9.97 Å². The van der Waals surface area contributed by atoms with Gasteiger partial charge in [0.1, 0.15) is 0 Å². The van der Waals surface area contributed by atoms with Crippen LogP contribution < -0.4 is 0 Å². The van der Waals surface area contributed by atoms with Gasteiger partial charge in [0.05, 0.1) is 11.4 Å². The Morgan fingerprint density at radius 2 is 1.09 bits per heavy atom. The van der Waals surface area contributed by atoms with E-state index in [1.165, 1.54) is 107 Å². The van der Waals surface area contributed by atoms with Crippen molar-refractivity contribution in [3.05, 3.63) is 46.8 Å². The number of hydrogen-bond acceptors (Lipinski definition) is 2. The Hall–Kier alpha value is -1.70. The first-order valence-electron chi connectivity index (χ1n) is 13.7. The monoisotopic (exact) mass is 436 g/mol. The van der Waals surface area contributed by atoms with Crippen LogP contribution >= 0.6 is 0 Å². The second-order valence-corrected chi connectivity index (χ2v) is 9.39. The van der Waals surface area contributed by atoms with Crippen molar-refractivity contribution < 1.29 is 0 Å². The lowest BCUT2D eigenvalue weighted by atomic mass is 9.86. The van der Waals surface area contributed by atoms with E-state index >= 15 is 0 Å². The lowest BCUT2D eigenvalue weighted by Crippen LogP contribution is -2.12. The average Bonchev–Trinajstić information content (AvgIpc) is 2.82. The zero-order valence-electron chi connectivity index (χ0n) is 21.5. The van der Waals surface area contributed by atoms with E-state index in [1.54, 1.807) is 11.1 Å². The van der Waals surface area contributed by atoms with Crippen LogP contribution in [0.3, 0.4) is 0 Å². The van der Waals surface area contributed by atoms with Crippen LogP contribution in [0, 0.1) is 0 Å². The van der Waals surface area contributed by atoms with Crippen molar-refractivity contribution in [3.63, 3.8) is 0 Å². The molecule has 0 aliphatic carbocycles. The molecule has 0 saturated carbocycles. The number of unbranched alkanes of at least 4 members (excludes halogenated alkanes) is 8. The molecular formula is C30H48N2. The van der Waals surface area contributed by atoms with Crippen LogP contribution in [0.5, 0.6) is 0 Å². The third-order valence-corrected chi connectivity index (χ3v) is 6.63. The molecule has 0 radical (unpaired) electrons. The maximum Gasteiger partial charge on any atom is 0.0924 e. The van der Waals surface area contributed by atoms with Gasteiger partial charge in [0.2, 0.25) is 0 Å². The van der Waals surface area contributed by atoms with Crippen LogP contribution in [-0.2, 0) is 25.7 Å². The molecule has 0 unspecified atom stereocenters. The molecule has 2 aromatic rings. The summed E-state index contributed by atoms with van der Waals surface area (Å²) in [6.07, 6.45) is 22.0. The Balaban J connectivity index is 2.60. The Labute approximate surface area is 198 Å². The summed E-state index contributed by atoms with van der Waals surface area (Å²) in [7, 11) is 0. The van der Waals surface area contributed by atoms with Gasteiger partial charge in [0.15, 0.2) is 0 Å². The van der Waals surface area contributed by atoms with E-state index < -0.39 is 0 Å². The molecule has 0 fully saturated rings. The van der Waals surface area contributed by atoms with Gasteiger partial charge in [-0.1, -0.05) is 85.1 Å². The van der Waals surface area contributed by atoms with Gasteiger partial charge < -0.3 is 0 Å². The molecule has 2 nitrogen and oxygen atoms in total. The second kappa shape index (κ2) is 16.0. The van der Waals surface area contributed by atoms with Crippen molar-refractivity contribution in [2.75, 3.05) is 0 Å². The minimum absolute atomic E-state index is 1.06. The van der Waals surface area contributed by atoms with Crippen molar-refractivity contribution in [3.8, 4) is 11.4 Å². The largest absolute Gasteiger partial charge is 0.255 e. The molecule has 0 aliphatic heterocycles. The van der Waals surface area contributed by atoms with Gasteiger partial charge in [-0.3, -0.25) is 9.97 Å². The zero-order valence-corrected chi connectivity index (χ0v) is 21.5. The predicted molar refractivity (Wildman–Crippen MR) is 140 cm³/mol. The van der Waals surface area contributed by atoms with Gasteiger partial charge in [-0.15, -0.1) is 0 Å². The average molecular weight is 437 g/mol. The summed E-state index contributed by atoms with van der Waals surface area (Å²) in [5.41, 5.74) is 8.39. The first kappa shape index (κ1) is 26.6. The Bertz CT molecular complexity index is 751. The van der Waals surface area contributed by atoms with E-state index in [9.17, 15) is 0 Å². The van der Waals surface area contributed by atoms with Gasteiger partial charge in [0, 0.05) is 11.9 Å². The van der Waals surface area contributed by atoms with Gasteiger partial charge in [0.25, 0.3) is 0 Å². The van der Waals surface area contributed by atoms with Crippen LogP contribution in [0.25, 0.3) is 11.4 Å². The molecule has 0 spiro atoms. The molecule has 2 heteroatoms. The van der Waals surface area contributed by atoms with Gasteiger partial charge in [-0.05, 0) is 80.2 Å². The highest BCUT2D eigenvalue weighted by Crippen LogP contribution is 2.32. The normalized spacial score (nSPS) is 11.2. The quantitative estimate of drug-likeness (QED) is 0.231. The fourth-order valence-corrected chi connectivity index (χ4v) is 4.75. The predicted octanol–water partition coefficient (Wildman–Crippen LogP) is 9.07. The maximum atomic E-state index is 5.40. The Kier molecular flexibility index (Phi) is 13.3. The van der Waals surface area contributed by atoms with Crippen molar-refractivity contribution >= 4 is 0 Å². The van der Waals surface area contributed by atoms with E-state index in [-0.39, 0.29) is 0 Å². The molecule has 32 heavy (non-hydrogen) atoms. The van der Waals surface area contributed by atoms with Crippen LogP contribution in [0.15, 0.2) is 24.4 Å². The fraction of sp³-hybridized carbons (Fsp3) is 0.667. The van der Waals surface area contributed by atoms with Gasteiger partial charge in [-0.25, -0.2) is 0 Å². The molecule has 0 N–H and O–H groups in total. The van der Waals surface area contributed by atoms with E-state index in [2.05, 4.69) is 39.8 Å². The van der Waals surface area contributed by atoms with E-state index in [0.717, 1.165) is 18.5 Å². The number of aryl methyl sites for hydroxylation is 1. The first-order valence-corrected chi connectivity index (χ1v) is 13.7. The second-order valence-electron chi connectivity index (χ2n) is 9.39. The summed E-state index contributed by atoms with van der Waals surface area (Å²) in [5, 5.41) is 0. The molecule has 178 valence electrons. The van der Waals surface area contributed by atoms with Crippen LogP contribution in [0.2, 0.25) is 0 Å². The van der Waals surface area contributed by atoms with Crippen molar-refractivity contribution in [2.45, 2.75) is 130 Å². The number of pyridine rings is 2. The van der Waals surface area contributed by atoms with Crippen LogP contribution in [0.4, 0.5) is 0 Å². The highest BCUT2D eigenvalue weighted by atomic mass is 14.8. The molecule has 0 saturated heterocycles. The van der Waals surface area contributed by atoms with E-state index in [0.29, 0.717) is 0 Å². The topological polar surface area (TPSA) is 25.8 Å². The summed E-state index contributed by atoms with van der Waals surface area (Å²) >= 11 is 0.